The van der Waals surface area contributed by atoms with Gasteiger partial charge in [-0.05, 0) is 49.6 Å². The van der Waals surface area contributed by atoms with Crippen molar-refractivity contribution in [3.63, 3.8) is 0 Å². The molecule has 0 radical (unpaired) electrons. The number of methoxy groups -OCH3 is 1. The average Bonchev–Trinajstić information content (AvgIpc) is 3.19. The zero-order chi connectivity index (χ0) is 20.4. The fourth-order valence-electron chi connectivity index (χ4n) is 3.63. The first-order chi connectivity index (χ1) is 14.1. The first-order valence-corrected chi connectivity index (χ1v) is 9.49. The van der Waals surface area contributed by atoms with Crippen molar-refractivity contribution in [3.8, 4) is 23.2 Å². The van der Waals surface area contributed by atoms with Gasteiger partial charge in [-0.2, -0.15) is 10.4 Å². The van der Waals surface area contributed by atoms with Crippen molar-refractivity contribution in [1.29, 1.82) is 5.26 Å². The molecule has 7 nitrogen and oxygen atoms in total. The Morgan fingerprint density at radius 2 is 2.21 bits per heavy atom. The minimum absolute atomic E-state index is 0.132. The van der Waals surface area contributed by atoms with Crippen LogP contribution in [0.25, 0.3) is 11.3 Å². The van der Waals surface area contributed by atoms with Gasteiger partial charge in [0.2, 0.25) is 5.88 Å². The van der Waals surface area contributed by atoms with Crippen LogP contribution in [-0.2, 0) is 6.54 Å². The quantitative estimate of drug-likeness (QED) is 0.741. The monoisotopic (exact) mass is 387 g/mol. The number of benzene rings is 1. The second-order valence-corrected chi connectivity index (χ2v) is 7.08. The molecule has 7 heteroatoms. The Kier molecular flexibility index (Phi) is 5.00. The van der Waals surface area contributed by atoms with Crippen LogP contribution in [-0.4, -0.2) is 27.8 Å². The summed E-state index contributed by atoms with van der Waals surface area (Å²) in [6, 6.07) is 12.6. The van der Waals surface area contributed by atoms with Crippen LogP contribution in [0.3, 0.4) is 0 Å². The van der Waals surface area contributed by atoms with E-state index in [-0.39, 0.29) is 11.9 Å². The zero-order valence-corrected chi connectivity index (χ0v) is 16.3. The van der Waals surface area contributed by atoms with Crippen LogP contribution < -0.4 is 10.1 Å². The van der Waals surface area contributed by atoms with Crippen LogP contribution in [0.1, 0.15) is 46.1 Å². The van der Waals surface area contributed by atoms with Crippen molar-refractivity contribution in [2.45, 2.75) is 32.4 Å². The molecule has 1 aromatic carbocycles. The molecule has 0 aliphatic carbocycles. The minimum atomic E-state index is -0.190. The number of nitrogens with one attached hydrogen (secondary N) is 1. The van der Waals surface area contributed by atoms with Crippen molar-refractivity contribution < 1.29 is 9.53 Å². The number of rotatable bonds is 4. The summed E-state index contributed by atoms with van der Waals surface area (Å²) in [6.07, 6.45) is 3.54. The molecule has 1 N–H and O–H groups in total. The van der Waals surface area contributed by atoms with E-state index in [9.17, 15) is 4.79 Å². The Morgan fingerprint density at radius 3 is 3.00 bits per heavy atom. The van der Waals surface area contributed by atoms with Crippen LogP contribution in [0, 0.1) is 18.3 Å². The van der Waals surface area contributed by atoms with Gasteiger partial charge in [0.05, 0.1) is 36.2 Å². The summed E-state index contributed by atoms with van der Waals surface area (Å²) in [6.45, 7) is 2.80. The van der Waals surface area contributed by atoms with Gasteiger partial charge in [-0.25, -0.2) is 4.98 Å². The normalized spacial score (nSPS) is 15.3. The molecule has 0 saturated carbocycles. The van der Waals surface area contributed by atoms with Gasteiger partial charge >= 0.3 is 0 Å². The lowest BCUT2D eigenvalue weighted by molar-refractivity contribution is 0.0928. The molecule has 3 heterocycles. The van der Waals surface area contributed by atoms with Gasteiger partial charge < -0.3 is 10.1 Å². The molecule has 0 bridgehead atoms. The highest BCUT2D eigenvalue weighted by Crippen LogP contribution is 2.31. The third-order valence-corrected chi connectivity index (χ3v) is 5.15. The maximum Gasteiger partial charge on any atom is 0.251 e. The number of aryl methyl sites for hydroxylation is 2. The first kappa shape index (κ1) is 18.7. The molecule has 1 aliphatic heterocycles. The standard InChI is InChI=1S/C22H21N5O2/c1-14-13-24-21(29-2)10-17(14)19-11-20-18(7-4-8-27(20)26-19)25-22(28)16-6-3-5-15(9-16)12-23/h3,5-6,9-11,13,18H,4,7-8H2,1-2H3,(H,25,28)/t18-/m1/s1. The van der Waals surface area contributed by atoms with Gasteiger partial charge in [-0.15, -0.1) is 0 Å². The lowest BCUT2D eigenvalue weighted by atomic mass is 10.0. The van der Waals surface area contributed by atoms with Gasteiger partial charge in [0.15, 0.2) is 0 Å². The van der Waals surface area contributed by atoms with E-state index in [0.29, 0.717) is 17.0 Å². The maximum absolute atomic E-state index is 12.7. The number of amides is 1. The fraction of sp³-hybridized carbons (Fsp3) is 0.273. The summed E-state index contributed by atoms with van der Waals surface area (Å²) in [7, 11) is 1.59. The van der Waals surface area contributed by atoms with Crippen LogP contribution in [0.4, 0.5) is 0 Å². The van der Waals surface area contributed by atoms with E-state index in [4.69, 9.17) is 15.1 Å². The van der Waals surface area contributed by atoms with E-state index >= 15 is 0 Å². The molecule has 0 unspecified atom stereocenters. The number of pyridine rings is 1. The van der Waals surface area contributed by atoms with E-state index in [1.54, 1.807) is 37.6 Å². The fourth-order valence-corrected chi connectivity index (χ4v) is 3.63. The molecule has 2 aromatic heterocycles. The first-order valence-electron chi connectivity index (χ1n) is 9.49. The third kappa shape index (κ3) is 3.69. The van der Waals surface area contributed by atoms with Gasteiger partial charge in [0.1, 0.15) is 0 Å². The predicted octanol–water partition coefficient (Wildman–Crippen LogP) is 3.40. The molecular formula is C22H21N5O2. The summed E-state index contributed by atoms with van der Waals surface area (Å²) in [5, 5.41) is 16.9. The molecule has 0 fully saturated rings. The highest BCUT2D eigenvalue weighted by Gasteiger charge is 2.25. The number of ether oxygens (including phenoxy) is 1. The number of carbonyl (C=O) groups excluding carboxylic acids is 1. The molecule has 3 aromatic rings. The van der Waals surface area contributed by atoms with E-state index < -0.39 is 0 Å². The van der Waals surface area contributed by atoms with E-state index in [0.717, 1.165) is 41.9 Å². The molecule has 1 atom stereocenters. The van der Waals surface area contributed by atoms with Crippen LogP contribution in [0.15, 0.2) is 42.6 Å². The number of nitriles is 1. The Hall–Kier alpha value is -3.66. The molecule has 0 saturated heterocycles. The van der Waals surface area contributed by atoms with Crippen LogP contribution >= 0.6 is 0 Å². The van der Waals surface area contributed by atoms with E-state index in [1.807, 2.05) is 23.7 Å². The number of hydrogen-bond donors (Lipinski definition) is 1. The van der Waals surface area contributed by atoms with Crippen LogP contribution in [0.5, 0.6) is 5.88 Å². The molecule has 1 aliphatic rings. The summed E-state index contributed by atoms with van der Waals surface area (Å²) in [4.78, 5) is 17.0. The predicted molar refractivity (Wildman–Crippen MR) is 107 cm³/mol. The third-order valence-electron chi connectivity index (χ3n) is 5.15. The largest absolute Gasteiger partial charge is 0.481 e. The number of carbonyl (C=O) groups is 1. The van der Waals surface area contributed by atoms with Crippen molar-refractivity contribution >= 4 is 5.91 Å². The summed E-state index contributed by atoms with van der Waals surface area (Å²) < 4.78 is 7.21. The van der Waals surface area contributed by atoms with Crippen molar-refractivity contribution in [2.75, 3.05) is 7.11 Å². The number of nitrogens with zero attached hydrogens (tertiary/aromatic N) is 4. The van der Waals surface area contributed by atoms with Gasteiger partial charge in [-0.1, -0.05) is 6.07 Å². The maximum atomic E-state index is 12.7. The summed E-state index contributed by atoms with van der Waals surface area (Å²) in [5.74, 6) is 0.351. The minimum Gasteiger partial charge on any atom is -0.481 e. The van der Waals surface area contributed by atoms with Gasteiger partial charge in [-0.3, -0.25) is 9.48 Å². The SMILES string of the molecule is COc1cc(-c2cc3n(n2)CCC[C@H]3NC(=O)c2cccc(C#N)c2)c(C)cn1. The highest BCUT2D eigenvalue weighted by atomic mass is 16.5. The molecule has 29 heavy (non-hydrogen) atoms. The molecule has 4 rings (SSSR count). The number of aromatic nitrogens is 3. The van der Waals surface area contributed by atoms with Crippen LogP contribution in [0.2, 0.25) is 0 Å². The Bertz CT molecular complexity index is 1110. The highest BCUT2D eigenvalue weighted by molar-refractivity contribution is 5.94. The van der Waals surface area contributed by atoms with E-state index in [1.165, 1.54) is 0 Å². The average molecular weight is 387 g/mol. The number of fused-ring (bicyclic) bond motifs is 1. The van der Waals surface area contributed by atoms with E-state index in [2.05, 4.69) is 16.4 Å². The summed E-state index contributed by atoms with van der Waals surface area (Å²) in [5.41, 5.74) is 4.74. The Morgan fingerprint density at radius 1 is 1.34 bits per heavy atom. The van der Waals surface area contributed by atoms with Gasteiger partial charge in [0.25, 0.3) is 5.91 Å². The lowest BCUT2D eigenvalue weighted by Crippen LogP contribution is -2.32. The molecule has 0 spiro atoms. The molecule has 1 amide bonds. The van der Waals surface area contributed by atoms with Crippen molar-refractivity contribution in [2.24, 2.45) is 0 Å². The second-order valence-electron chi connectivity index (χ2n) is 7.08. The summed E-state index contributed by atoms with van der Waals surface area (Å²) >= 11 is 0. The zero-order valence-electron chi connectivity index (χ0n) is 16.3. The molecular weight excluding hydrogens is 366 g/mol. The Labute approximate surface area is 169 Å². The van der Waals surface area contributed by atoms with Crippen molar-refractivity contribution in [1.82, 2.24) is 20.1 Å². The van der Waals surface area contributed by atoms with Crippen molar-refractivity contribution in [3.05, 3.63) is 65.0 Å². The second kappa shape index (κ2) is 7.76. The number of hydrogen-bond acceptors (Lipinski definition) is 5. The molecule has 146 valence electrons. The Balaban J connectivity index is 1.62. The lowest BCUT2D eigenvalue weighted by Gasteiger charge is -2.24. The van der Waals surface area contributed by atoms with Gasteiger partial charge in [0, 0.05) is 29.9 Å². The topological polar surface area (TPSA) is 92.8 Å². The smallest absolute Gasteiger partial charge is 0.251 e.